The van der Waals surface area contributed by atoms with Gasteiger partial charge in [-0.05, 0) is 51.2 Å². The molecule has 0 amide bonds. The number of benzene rings is 2. The fourth-order valence-corrected chi connectivity index (χ4v) is 3.53. The molecule has 4 rings (SSSR count). The minimum atomic E-state index is -0.498. The van der Waals surface area contributed by atoms with E-state index < -0.39 is 5.41 Å². The summed E-state index contributed by atoms with van der Waals surface area (Å²) in [6.45, 7) is 6.52. The van der Waals surface area contributed by atoms with Gasteiger partial charge in [-0.15, -0.1) is 0 Å². The van der Waals surface area contributed by atoms with Crippen LogP contribution in [0.25, 0.3) is 10.8 Å². The molecule has 0 aromatic heterocycles. The van der Waals surface area contributed by atoms with Gasteiger partial charge >= 0.3 is 5.97 Å². The molecule has 2 fully saturated rings. The third-order valence-electron chi connectivity index (χ3n) is 5.78. The molecule has 1 aliphatic carbocycles. The summed E-state index contributed by atoms with van der Waals surface area (Å²) in [5, 5.41) is 1.88. The minimum Gasteiger partial charge on any atom is -0.493 e. The van der Waals surface area contributed by atoms with Crippen LogP contribution < -0.4 is 9.47 Å². The molecule has 4 heteroatoms. The quantitative estimate of drug-likeness (QED) is 0.427. The highest BCUT2D eigenvalue weighted by molar-refractivity contribution is 5.95. The molecule has 1 aliphatic heterocycles. The van der Waals surface area contributed by atoms with Crippen molar-refractivity contribution in [1.82, 2.24) is 0 Å². The first kappa shape index (κ1) is 17.3. The summed E-state index contributed by atoms with van der Waals surface area (Å²) < 4.78 is 17.3. The van der Waals surface area contributed by atoms with Gasteiger partial charge < -0.3 is 14.2 Å². The molecule has 138 valence electrons. The van der Waals surface area contributed by atoms with Gasteiger partial charge in [0.05, 0.1) is 24.2 Å². The molecule has 0 bridgehead atoms. The van der Waals surface area contributed by atoms with Crippen molar-refractivity contribution in [3.63, 3.8) is 0 Å². The predicted octanol–water partition coefficient (Wildman–Crippen LogP) is 4.74. The van der Waals surface area contributed by atoms with Gasteiger partial charge in [0, 0.05) is 10.8 Å². The molecule has 0 radical (unpaired) electrons. The molecule has 2 aromatic carbocycles. The topological polar surface area (TPSA) is 48.1 Å². The molecule has 4 nitrogen and oxygen atoms in total. The van der Waals surface area contributed by atoms with Crippen molar-refractivity contribution in [2.45, 2.75) is 52.2 Å². The van der Waals surface area contributed by atoms with Crippen molar-refractivity contribution in [1.29, 1.82) is 0 Å². The Balaban J connectivity index is 1.54. The van der Waals surface area contributed by atoms with Gasteiger partial charge in [-0.1, -0.05) is 31.2 Å². The second-order valence-corrected chi connectivity index (χ2v) is 8.10. The van der Waals surface area contributed by atoms with Gasteiger partial charge in [0.25, 0.3) is 0 Å². The van der Waals surface area contributed by atoms with Crippen LogP contribution in [0.1, 0.15) is 40.0 Å². The second kappa shape index (κ2) is 6.58. The Hall–Kier alpha value is -2.07. The summed E-state index contributed by atoms with van der Waals surface area (Å²) in [7, 11) is 0. The highest BCUT2D eigenvalue weighted by Crippen LogP contribution is 2.42. The first-order chi connectivity index (χ1) is 12.5. The summed E-state index contributed by atoms with van der Waals surface area (Å²) in [6.07, 6.45) is 3.89. The monoisotopic (exact) mass is 354 g/mol. The lowest BCUT2D eigenvalue weighted by molar-refractivity contribution is -0.144. The average molecular weight is 354 g/mol. The Morgan fingerprint density at radius 2 is 1.69 bits per heavy atom. The van der Waals surface area contributed by atoms with E-state index in [4.69, 9.17) is 14.2 Å². The van der Waals surface area contributed by atoms with E-state index in [2.05, 4.69) is 0 Å². The van der Waals surface area contributed by atoms with Gasteiger partial charge in [0.15, 0.2) is 0 Å². The van der Waals surface area contributed by atoms with Crippen molar-refractivity contribution in [3.05, 3.63) is 36.4 Å². The highest BCUT2D eigenvalue weighted by Gasteiger charge is 2.47. The maximum Gasteiger partial charge on any atom is 0.316 e. The lowest BCUT2D eigenvalue weighted by atomic mass is 9.90. The zero-order valence-corrected chi connectivity index (χ0v) is 15.7. The molecule has 2 unspecified atom stereocenters. The van der Waals surface area contributed by atoms with E-state index in [1.165, 1.54) is 0 Å². The molecular weight excluding hydrogens is 328 g/mol. The van der Waals surface area contributed by atoms with Crippen LogP contribution >= 0.6 is 0 Å². The zero-order valence-electron chi connectivity index (χ0n) is 15.7. The molecule has 1 saturated carbocycles. The predicted molar refractivity (Wildman–Crippen MR) is 101 cm³/mol. The average Bonchev–Trinajstić information content (AvgIpc) is 3.26. The van der Waals surface area contributed by atoms with Crippen LogP contribution in [0.3, 0.4) is 0 Å². The SMILES string of the molecule is CCC(C)(C)C(=O)Oc1ccc(OCC2CC3OC3C2)c2ccccc12. The normalized spacial score (nSPS) is 24.3. The Morgan fingerprint density at radius 3 is 2.35 bits per heavy atom. The van der Waals surface area contributed by atoms with Crippen molar-refractivity contribution in [2.75, 3.05) is 6.61 Å². The highest BCUT2D eigenvalue weighted by atomic mass is 16.6. The molecule has 2 aliphatic rings. The maximum absolute atomic E-state index is 12.5. The smallest absolute Gasteiger partial charge is 0.316 e. The third-order valence-corrected chi connectivity index (χ3v) is 5.78. The van der Waals surface area contributed by atoms with Gasteiger partial charge in [0.1, 0.15) is 11.5 Å². The number of esters is 1. The van der Waals surface area contributed by atoms with Crippen LogP contribution in [-0.4, -0.2) is 24.8 Å². The standard InChI is InChI=1S/C22H26O4/c1-4-22(2,3)21(23)26-18-10-9-17(15-7-5-6-8-16(15)18)24-13-14-11-19-20(12-14)25-19/h5-10,14,19-20H,4,11-13H2,1-3H3. The zero-order chi connectivity index (χ0) is 18.3. The second-order valence-electron chi connectivity index (χ2n) is 8.10. The van der Waals surface area contributed by atoms with Crippen molar-refractivity contribution in [2.24, 2.45) is 11.3 Å². The fourth-order valence-electron chi connectivity index (χ4n) is 3.53. The van der Waals surface area contributed by atoms with Gasteiger partial charge in [-0.2, -0.15) is 0 Å². The van der Waals surface area contributed by atoms with Crippen LogP contribution in [0.4, 0.5) is 0 Å². The number of rotatable bonds is 6. The van der Waals surface area contributed by atoms with Crippen LogP contribution in [0.2, 0.25) is 0 Å². The number of ether oxygens (including phenoxy) is 3. The Bertz CT molecular complexity index is 816. The van der Waals surface area contributed by atoms with Crippen LogP contribution in [0, 0.1) is 11.3 Å². The van der Waals surface area contributed by atoms with E-state index in [0.29, 0.717) is 30.5 Å². The van der Waals surface area contributed by atoms with Crippen LogP contribution in [0.15, 0.2) is 36.4 Å². The Morgan fingerprint density at radius 1 is 1.08 bits per heavy atom. The first-order valence-corrected chi connectivity index (χ1v) is 9.50. The summed E-state index contributed by atoms with van der Waals surface area (Å²) in [5.74, 6) is 1.80. The number of carbonyl (C=O) groups excluding carboxylic acids is 1. The number of carbonyl (C=O) groups is 1. The van der Waals surface area contributed by atoms with E-state index in [1.54, 1.807) is 0 Å². The van der Waals surface area contributed by atoms with Crippen LogP contribution in [0.5, 0.6) is 11.5 Å². The summed E-state index contributed by atoms with van der Waals surface area (Å²) in [4.78, 5) is 12.5. The Kier molecular flexibility index (Phi) is 4.39. The maximum atomic E-state index is 12.5. The van der Waals surface area contributed by atoms with Crippen molar-refractivity contribution < 1.29 is 19.0 Å². The molecule has 0 N–H and O–H groups in total. The van der Waals surface area contributed by atoms with Crippen LogP contribution in [-0.2, 0) is 9.53 Å². The summed E-state index contributed by atoms with van der Waals surface area (Å²) in [6, 6.07) is 11.7. The number of epoxide rings is 1. The number of hydrogen-bond donors (Lipinski definition) is 0. The number of hydrogen-bond acceptors (Lipinski definition) is 4. The fraction of sp³-hybridized carbons (Fsp3) is 0.500. The molecule has 1 heterocycles. The molecule has 0 spiro atoms. The third kappa shape index (κ3) is 3.30. The molecule has 2 atom stereocenters. The summed E-state index contributed by atoms with van der Waals surface area (Å²) >= 11 is 0. The minimum absolute atomic E-state index is 0.205. The molecule has 2 aromatic rings. The first-order valence-electron chi connectivity index (χ1n) is 9.50. The van der Waals surface area contributed by atoms with Gasteiger partial charge in [0.2, 0.25) is 0 Å². The van der Waals surface area contributed by atoms with E-state index in [-0.39, 0.29) is 5.97 Å². The van der Waals surface area contributed by atoms with E-state index in [1.807, 2.05) is 57.2 Å². The van der Waals surface area contributed by atoms with E-state index >= 15 is 0 Å². The Labute approximate surface area is 154 Å². The van der Waals surface area contributed by atoms with Gasteiger partial charge in [-0.3, -0.25) is 4.79 Å². The summed E-state index contributed by atoms with van der Waals surface area (Å²) in [5.41, 5.74) is -0.498. The largest absolute Gasteiger partial charge is 0.493 e. The van der Waals surface area contributed by atoms with Crippen molar-refractivity contribution >= 4 is 16.7 Å². The molecular formula is C22H26O4. The van der Waals surface area contributed by atoms with Crippen molar-refractivity contribution in [3.8, 4) is 11.5 Å². The lowest BCUT2D eigenvalue weighted by Crippen LogP contribution is -2.28. The van der Waals surface area contributed by atoms with Gasteiger partial charge in [-0.25, -0.2) is 0 Å². The molecule has 26 heavy (non-hydrogen) atoms. The number of fused-ring (bicyclic) bond motifs is 2. The van der Waals surface area contributed by atoms with E-state index in [0.717, 1.165) is 35.8 Å². The molecule has 1 saturated heterocycles. The van der Waals surface area contributed by atoms with E-state index in [9.17, 15) is 4.79 Å². The lowest BCUT2D eigenvalue weighted by Gasteiger charge is -2.21.